The third kappa shape index (κ3) is 3.29. The number of carbonyl (C=O) groups is 2. The smallest absolute Gasteiger partial charge is 0.247 e. The second-order valence-corrected chi connectivity index (χ2v) is 5.47. The summed E-state index contributed by atoms with van der Waals surface area (Å²) in [7, 11) is 0. The number of anilines is 1. The number of carbonyl (C=O) groups excluding carboxylic acids is 2. The molecule has 0 spiro atoms. The molecule has 5 heteroatoms. The summed E-state index contributed by atoms with van der Waals surface area (Å²) in [5.41, 5.74) is 0.776. The van der Waals surface area contributed by atoms with E-state index in [1.54, 1.807) is 16.7 Å². The van der Waals surface area contributed by atoms with Gasteiger partial charge in [0.2, 0.25) is 11.8 Å². The summed E-state index contributed by atoms with van der Waals surface area (Å²) in [6.45, 7) is 2.19. The molecular weight excluding hydrogens is 260 g/mol. The lowest BCUT2D eigenvalue weighted by Crippen LogP contribution is -2.42. The number of rotatable bonds is 3. The van der Waals surface area contributed by atoms with E-state index in [0.29, 0.717) is 6.54 Å². The van der Waals surface area contributed by atoms with Crippen molar-refractivity contribution in [3.8, 4) is 0 Å². The van der Waals surface area contributed by atoms with E-state index < -0.39 is 0 Å². The Morgan fingerprint density at radius 2 is 2.00 bits per heavy atom. The van der Waals surface area contributed by atoms with Gasteiger partial charge in [-0.2, -0.15) is 0 Å². The lowest BCUT2D eigenvalue weighted by atomic mass is 10.2. The Hall–Kier alpha value is -1.49. The van der Waals surface area contributed by atoms with Gasteiger partial charge in [-0.05, 0) is 43.4 Å². The molecule has 0 bridgehead atoms. The normalized spacial score (nSPS) is 18.4. The molecule has 0 aromatic heterocycles. The van der Waals surface area contributed by atoms with E-state index >= 15 is 0 Å². The average Bonchev–Trinajstić information content (AvgIpc) is 2.89. The van der Waals surface area contributed by atoms with Crippen LogP contribution in [0.4, 0.5) is 5.69 Å². The van der Waals surface area contributed by atoms with Crippen LogP contribution >= 0.6 is 11.8 Å². The van der Waals surface area contributed by atoms with Crippen molar-refractivity contribution < 1.29 is 9.59 Å². The highest BCUT2D eigenvalue weighted by Crippen LogP contribution is 2.21. The number of hydrogen-bond donors (Lipinski definition) is 1. The van der Waals surface area contributed by atoms with Crippen molar-refractivity contribution in [2.24, 2.45) is 0 Å². The first kappa shape index (κ1) is 13.9. The molecule has 1 heterocycles. The minimum absolute atomic E-state index is 0.0321. The fraction of sp³-hybridized carbons (Fsp3) is 0.429. The highest BCUT2D eigenvalue weighted by Gasteiger charge is 2.32. The molecule has 1 aliphatic heterocycles. The van der Waals surface area contributed by atoms with Gasteiger partial charge in [0.1, 0.15) is 6.04 Å². The molecule has 19 heavy (non-hydrogen) atoms. The Labute approximate surface area is 117 Å². The summed E-state index contributed by atoms with van der Waals surface area (Å²) in [6.07, 6.45) is 3.65. The molecule has 0 radical (unpaired) electrons. The second kappa shape index (κ2) is 6.10. The molecule has 102 valence electrons. The number of hydrogen-bond acceptors (Lipinski definition) is 3. The second-order valence-electron chi connectivity index (χ2n) is 4.59. The maximum absolute atomic E-state index is 12.2. The number of likely N-dealkylation sites (tertiary alicyclic amines) is 1. The Morgan fingerprint density at radius 1 is 1.32 bits per heavy atom. The fourth-order valence-electron chi connectivity index (χ4n) is 2.32. The van der Waals surface area contributed by atoms with Crippen LogP contribution in [0.5, 0.6) is 0 Å². The predicted octanol–water partition coefficient (Wildman–Crippen LogP) is 2.36. The van der Waals surface area contributed by atoms with Crippen molar-refractivity contribution in [2.75, 3.05) is 18.1 Å². The fourth-order valence-corrected chi connectivity index (χ4v) is 2.72. The monoisotopic (exact) mass is 278 g/mol. The summed E-state index contributed by atoms with van der Waals surface area (Å²) in [5, 5.41) is 2.88. The van der Waals surface area contributed by atoms with E-state index in [0.717, 1.165) is 23.4 Å². The van der Waals surface area contributed by atoms with Crippen molar-refractivity contribution in [3.05, 3.63) is 24.3 Å². The zero-order chi connectivity index (χ0) is 13.8. The molecule has 1 saturated heterocycles. The van der Waals surface area contributed by atoms with Crippen LogP contribution < -0.4 is 5.32 Å². The SMILES string of the molecule is CSc1ccc(NC(=O)[C@@H]2CCCN2C(C)=O)cc1. The largest absolute Gasteiger partial charge is 0.331 e. The third-order valence-corrected chi connectivity index (χ3v) is 4.06. The van der Waals surface area contributed by atoms with Gasteiger partial charge in [-0.3, -0.25) is 9.59 Å². The van der Waals surface area contributed by atoms with E-state index in [1.165, 1.54) is 6.92 Å². The van der Waals surface area contributed by atoms with Crippen LogP contribution in [0.1, 0.15) is 19.8 Å². The lowest BCUT2D eigenvalue weighted by Gasteiger charge is -2.22. The molecule has 1 aromatic carbocycles. The van der Waals surface area contributed by atoms with Crippen molar-refractivity contribution >= 4 is 29.3 Å². The summed E-state index contributed by atoms with van der Waals surface area (Å²) in [4.78, 5) is 26.4. The van der Waals surface area contributed by atoms with Crippen LogP contribution in [0, 0.1) is 0 Å². The molecule has 1 fully saturated rings. The van der Waals surface area contributed by atoms with E-state index in [1.807, 2.05) is 30.5 Å². The van der Waals surface area contributed by atoms with E-state index in [4.69, 9.17) is 0 Å². The average molecular weight is 278 g/mol. The van der Waals surface area contributed by atoms with Crippen molar-refractivity contribution in [2.45, 2.75) is 30.7 Å². The number of thioether (sulfide) groups is 1. The molecule has 1 aromatic rings. The lowest BCUT2D eigenvalue weighted by molar-refractivity contribution is -0.134. The zero-order valence-corrected chi connectivity index (χ0v) is 12.0. The topological polar surface area (TPSA) is 49.4 Å². The van der Waals surface area contributed by atoms with Gasteiger partial charge in [-0.25, -0.2) is 0 Å². The van der Waals surface area contributed by atoms with Gasteiger partial charge in [0.15, 0.2) is 0 Å². The summed E-state index contributed by atoms with van der Waals surface area (Å²) in [5.74, 6) is -0.125. The van der Waals surface area contributed by atoms with Crippen molar-refractivity contribution in [3.63, 3.8) is 0 Å². The van der Waals surface area contributed by atoms with Crippen LogP contribution in [0.15, 0.2) is 29.2 Å². The number of nitrogens with one attached hydrogen (secondary N) is 1. The van der Waals surface area contributed by atoms with Crippen molar-refractivity contribution in [1.29, 1.82) is 0 Å². The molecule has 1 aliphatic rings. The van der Waals surface area contributed by atoms with Gasteiger partial charge in [0.25, 0.3) is 0 Å². The van der Waals surface area contributed by atoms with Gasteiger partial charge >= 0.3 is 0 Å². The molecule has 4 nitrogen and oxygen atoms in total. The Bertz CT molecular complexity index is 473. The van der Waals surface area contributed by atoms with Crippen molar-refractivity contribution in [1.82, 2.24) is 4.90 Å². The summed E-state index contributed by atoms with van der Waals surface area (Å²) < 4.78 is 0. The Kier molecular flexibility index (Phi) is 4.47. The first-order valence-electron chi connectivity index (χ1n) is 6.34. The number of nitrogens with zero attached hydrogens (tertiary/aromatic N) is 1. The maximum Gasteiger partial charge on any atom is 0.247 e. The molecule has 2 rings (SSSR count). The highest BCUT2D eigenvalue weighted by atomic mass is 32.2. The van der Waals surface area contributed by atoms with Crippen LogP contribution in [-0.2, 0) is 9.59 Å². The first-order valence-corrected chi connectivity index (χ1v) is 7.56. The predicted molar refractivity (Wildman–Crippen MR) is 77.3 cm³/mol. The van der Waals surface area contributed by atoms with Crippen LogP contribution in [0.25, 0.3) is 0 Å². The van der Waals surface area contributed by atoms with Gasteiger partial charge in [-0.15, -0.1) is 11.8 Å². The number of benzene rings is 1. The third-order valence-electron chi connectivity index (χ3n) is 3.32. The molecule has 0 saturated carbocycles. The molecule has 1 N–H and O–H groups in total. The van der Waals surface area contributed by atoms with Crippen LogP contribution in [0.3, 0.4) is 0 Å². The molecule has 0 unspecified atom stereocenters. The minimum atomic E-state index is -0.322. The number of amides is 2. The first-order chi connectivity index (χ1) is 9.11. The van der Waals surface area contributed by atoms with Crippen LogP contribution in [-0.4, -0.2) is 35.6 Å². The zero-order valence-electron chi connectivity index (χ0n) is 11.2. The molecule has 0 aliphatic carbocycles. The van der Waals surface area contributed by atoms with E-state index in [9.17, 15) is 9.59 Å². The Morgan fingerprint density at radius 3 is 2.58 bits per heavy atom. The maximum atomic E-state index is 12.2. The quantitative estimate of drug-likeness (QED) is 0.864. The molecule has 1 atom stereocenters. The van der Waals surface area contributed by atoms with Gasteiger partial charge in [0, 0.05) is 24.1 Å². The standard InChI is InChI=1S/C14H18N2O2S/c1-10(17)16-9-3-4-13(16)14(18)15-11-5-7-12(19-2)8-6-11/h5-8,13H,3-4,9H2,1-2H3,(H,15,18)/t13-/m0/s1. The van der Waals surface area contributed by atoms with E-state index in [-0.39, 0.29) is 17.9 Å². The van der Waals surface area contributed by atoms with Crippen LogP contribution in [0.2, 0.25) is 0 Å². The van der Waals surface area contributed by atoms with Gasteiger partial charge < -0.3 is 10.2 Å². The highest BCUT2D eigenvalue weighted by molar-refractivity contribution is 7.98. The molecule has 2 amide bonds. The van der Waals surface area contributed by atoms with Gasteiger partial charge in [0.05, 0.1) is 0 Å². The Balaban J connectivity index is 2.01. The van der Waals surface area contributed by atoms with E-state index in [2.05, 4.69) is 5.32 Å². The minimum Gasteiger partial charge on any atom is -0.331 e. The summed E-state index contributed by atoms with van der Waals surface area (Å²) in [6, 6.07) is 7.39. The van der Waals surface area contributed by atoms with Gasteiger partial charge in [-0.1, -0.05) is 0 Å². The molecular formula is C14H18N2O2S. The summed E-state index contributed by atoms with van der Waals surface area (Å²) >= 11 is 1.66.